The number of ether oxygens (including phenoxy) is 3. The topological polar surface area (TPSA) is 72.4 Å². The van der Waals surface area contributed by atoms with Crippen molar-refractivity contribution < 1.29 is 19.0 Å². The van der Waals surface area contributed by atoms with Crippen molar-refractivity contribution in [1.29, 1.82) is 0 Å². The molecule has 1 aliphatic rings. The molecule has 7 nitrogen and oxygen atoms in total. The van der Waals surface area contributed by atoms with Crippen LogP contribution in [0.25, 0.3) is 0 Å². The van der Waals surface area contributed by atoms with E-state index in [1.807, 2.05) is 37.0 Å². The number of rotatable bonds is 10. The normalized spacial score (nSPS) is 14.9. The Morgan fingerprint density at radius 3 is 2.70 bits per heavy atom. The highest BCUT2D eigenvalue weighted by Gasteiger charge is 2.14. The highest BCUT2D eigenvalue weighted by Crippen LogP contribution is 2.33. The second kappa shape index (κ2) is 11.4. The zero-order chi connectivity index (χ0) is 19.5. The van der Waals surface area contributed by atoms with Gasteiger partial charge in [-0.15, -0.1) is 6.58 Å². The Balaban J connectivity index is 2.05. The molecule has 0 saturated carbocycles. The smallest absolute Gasteiger partial charge is 0.254 e. The molecule has 1 aromatic rings. The van der Waals surface area contributed by atoms with Gasteiger partial charge in [0.05, 0.1) is 39.2 Å². The summed E-state index contributed by atoms with van der Waals surface area (Å²) < 4.78 is 16.7. The van der Waals surface area contributed by atoms with E-state index in [1.54, 1.807) is 6.21 Å². The van der Waals surface area contributed by atoms with E-state index in [2.05, 4.69) is 17.1 Å². The van der Waals surface area contributed by atoms with Gasteiger partial charge in [0.25, 0.3) is 5.91 Å². The molecule has 0 aliphatic carbocycles. The molecule has 27 heavy (non-hydrogen) atoms. The molecule has 1 fully saturated rings. The van der Waals surface area contributed by atoms with Crippen LogP contribution in [0.1, 0.15) is 25.0 Å². The summed E-state index contributed by atoms with van der Waals surface area (Å²) in [5.41, 5.74) is 4.37. The number of hydrogen-bond donors (Lipinski definition) is 1. The van der Waals surface area contributed by atoms with Gasteiger partial charge < -0.3 is 14.2 Å². The average Bonchev–Trinajstić information content (AvgIpc) is 2.65. The number of morpholine rings is 1. The van der Waals surface area contributed by atoms with Crippen molar-refractivity contribution in [3.63, 3.8) is 0 Å². The molecule has 1 amide bonds. The zero-order valence-corrected chi connectivity index (χ0v) is 16.2. The van der Waals surface area contributed by atoms with Crippen molar-refractivity contribution in [2.24, 2.45) is 5.10 Å². The quantitative estimate of drug-likeness (QED) is 0.385. The van der Waals surface area contributed by atoms with E-state index >= 15 is 0 Å². The van der Waals surface area contributed by atoms with Crippen LogP contribution in [0.15, 0.2) is 29.9 Å². The monoisotopic (exact) mass is 375 g/mol. The van der Waals surface area contributed by atoms with Gasteiger partial charge >= 0.3 is 0 Å². The summed E-state index contributed by atoms with van der Waals surface area (Å²) in [6.07, 6.45) is 4.08. The minimum Gasteiger partial charge on any atom is -0.490 e. The number of hydrazone groups is 1. The third-order valence-electron chi connectivity index (χ3n) is 3.98. The van der Waals surface area contributed by atoms with Crippen LogP contribution in [-0.4, -0.2) is 63.1 Å². The van der Waals surface area contributed by atoms with Crippen molar-refractivity contribution in [3.05, 3.63) is 35.9 Å². The SMILES string of the molecule is C=CCc1cc(/C=N/NC(=O)CN2CCOCC2)cc(OCC)c1OCC. The maximum absolute atomic E-state index is 12.0. The van der Waals surface area contributed by atoms with E-state index in [0.717, 1.165) is 30.0 Å². The third-order valence-corrected chi connectivity index (χ3v) is 3.98. The molecule has 1 aliphatic heterocycles. The van der Waals surface area contributed by atoms with Crippen LogP contribution in [0.5, 0.6) is 11.5 Å². The lowest BCUT2D eigenvalue weighted by molar-refractivity contribution is -0.123. The summed E-state index contributed by atoms with van der Waals surface area (Å²) >= 11 is 0. The minimum absolute atomic E-state index is 0.143. The molecule has 0 atom stereocenters. The fraction of sp³-hybridized carbons (Fsp3) is 0.500. The predicted octanol–water partition coefficient (Wildman–Crippen LogP) is 1.99. The van der Waals surface area contributed by atoms with Gasteiger partial charge in [-0.05, 0) is 38.0 Å². The maximum Gasteiger partial charge on any atom is 0.254 e. The Morgan fingerprint density at radius 1 is 1.30 bits per heavy atom. The average molecular weight is 375 g/mol. The first-order chi connectivity index (χ1) is 13.2. The molecule has 0 radical (unpaired) electrons. The van der Waals surface area contributed by atoms with Crippen LogP contribution >= 0.6 is 0 Å². The van der Waals surface area contributed by atoms with E-state index < -0.39 is 0 Å². The molecule has 1 heterocycles. The van der Waals surface area contributed by atoms with Gasteiger partial charge in [-0.1, -0.05) is 6.08 Å². The first-order valence-electron chi connectivity index (χ1n) is 9.33. The molecule has 2 rings (SSSR count). The molecule has 0 bridgehead atoms. The molecule has 0 spiro atoms. The Labute approximate surface area is 161 Å². The molecule has 1 aromatic carbocycles. The van der Waals surface area contributed by atoms with Crippen molar-refractivity contribution >= 4 is 12.1 Å². The van der Waals surface area contributed by atoms with Gasteiger partial charge in [-0.25, -0.2) is 5.43 Å². The van der Waals surface area contributed by atoms with Gasteiger partial charge in [0.2, 0.25) is 0 Å². The molecular formula is C20H29N3O4. The fourth-order valence-corrected chi connectivity index (χ4v) is 2.81. The van der Waals surface area contributed by atoms with Crippen LogP contribution < -0.4 is 14.9 Å². The number of hydrogen-bond acceptors (Lipinski definition) is 6. The first-order valence-corrected chi connectivity index (χ1v) is 9.33. The Kier molecular flexibility index (Phi) is 8.80. The van der Waals surface area contributed by atoms with Gasteiger partial charge in [0, 0.05) is 18.7 Å². The first kappa shape index (κ1) is 20.9. The molecule has 1 N–H and O–H groups in total. The van der Waals surface area contributed by atoms with Gasteiger partial charge in [0.1, 0.15) is 0 Å². The zero-order valence-electron chi connectivity index (χ0n) is 16.2. The lowest BCUT2D eigenvalue weighted by Crippen LogP contribution is -2.42. The van der Waals surface area contributed by atoms with Crippen LogP contribution in [0, 0.1) is 0 Å². The standard InChI is InChI=1S/C20H29N3O4/c1-4-7-17-12-16(13-18(26-5-2)20(17)27-6-3)14-21-22-19(24)15-23-8-10-25-11-9-23/h4,12-14H,1,5-11,15H2,2-3H3,(H,22,24)/b21-14+. The van der Waals surface area contributed by atoms with E-state index in [-0.39, 0.29) is 5.91 Å². The maximum atomic E-state index is 12.0. The Hall–Kier alpha value is -2.38. The van der Waals surface area contributed by atoms with Crippen molar-refractivity contribution in [2.75, 3.05) is 46.1 Å². The van der Waals surface area contributed by atoms with Crippen molar-refractivity contribution in [3.8, 4) is 11.5 Å². The number of benzene rings is 1. The van der Waals surface area contributed by atoms with E-state index in [1.165, 1.54) is 0 Å². The Bertz CT molecular complexity index is 655. The lowest BCUT2D eigenvalue weighted by Gasteiger charge is -2.25. The third kappa shape index (κ3) is 6.69. The molecule has 0 unspecified atom stereocenters. The van der Waals surface area contributed by atoms with Crippen LogP contribution in [0.3, 0.4) is 0 Å². The summed E-state index contributed by atoms with van der Waals surface area (Å²) in [6, 6.07) is 3.82. The largest absolute Gasteiger partial charge is 0.490 e. The highest BCUT2D eigenvalue weighted by atomic mass is 16.5. The molecule has 0 aromatic heterocycles. The molecule has 1 saturated heterocycles. The van der Waals surface area contributed by atoms with E-state index in [0.29, 0.717) is 45.1 Å². The predicted molar refractivity (Wildman–Crippen MR) is 106 cm³/mol. The summed E-state index contributed by atoms with van der Waals surface area (Å²) in [5.74, 6) is 1.25. The second-order valence-electron chi connectivity index (χ2n) is 6.05. The Morgan fingerprint density at radius 2 is 2.04 bits per heavy atom. The van der Waals surface area contributed by atoms with Crippen molar-refractivity contribution in [2.45, 2.75) is 20.3 Å². The van der Waals surface area contributed by atoms with E-state index in [4.69, 9.17) is 14.2 Å². The molecule has 148 valence electrons. The van der Waals surface area contributed by atoms with Crippen LogP contribution in [0.2, 0.25) is 0 Å². The fourth-order valence-electron chi connectivity index (χ4n) is 2.81. The van der Waals surface area contributed by atoms with Gasteiger partial charge in [-0.3, -0.25) is 9.69 Å². The van der Waals surface area contributed by atoms with Crippen LogP contribution in [-0.2, 0) is 16.0 Å². The molecular weight excluding hydrogens is 346 g/mol. The highest BCUT2D eigenvalue weighted by molar-refractivity contribution is 5.84. The number of amides is 1. The van der Waals surface area contributed by atoms with E-state index in [9.17, 15) is 4.79 Å². The second-order valence-corrected chi connectivity index (χ2v) is 6.05. The van der Waals surface area contributed by atoms with Gasteiger partial charge in [-0.2, -0.15) is 5.10 Å². The summed E-state index contributed by atoms with van der Waals surface area (Å²) in [4.78, 5) is 14.1. The minimum atomic E-state index is -0.143. The summed E-state index contributed by atoms with van der Waals surface area (Å²) in [6.45, 7) is 11.9. The summed E-state index contributed by atoms with van der Waals surface area (Å²) in [7, 11) is 0. The van der Waals surface area contributed by atoms with Gasteiger partial charge in [0.15, 0.2) is 11.5 Å². The number of nitrogens with one attached hydrogen (secondary N) is 1. The number of carbonyl (C=O) groups is 1. The number of nitrogens with zero attached hydrogens (tertiary/aromatic N) is 2. The number of allylic oxidation sites excluding steroid dienone is 1. The molecule has 7 heteroatoms. The van der Waals surface area contributed by atoms with Crippen LogP contribution in [0.4, 0.5) is 0 Å². The lowest BCUT2D eigenvalue weighted by atomic mass is 10.1. The van der Waals surface area contributed by atoms with Crippen molar-refractivity contribution in [1.82, 2.24) is 10.3 Å². The number of carbonyl (C=O) groups excluding carboxylic acids is 1. The summed E-state index contributed by atoms with van der Waals surface area (Å²) in [5, 5.41) is 4.08.